The van der Waals surface area contributed by atoms with Gasteiger partial charge in [-0.2, -0.15) is 0 Å². The molecule has 0 saturated heterocycles. The molecule has 1 aromatic heterocycles. The Bertz CT molecular complexity index is 276. The lowest BCUT2D eigenvalue weighted by atomic mass is 10.1. The number of ether oxygens (including phenoxy) is 1. The van der Waals surface area contributed by atoms with Crippen molar-refractivity contribution in [2.45, 2.75) is 33.7 Å². The van der Waals surface area contributed by atoms with E-state index in [-0.39, 0.29) is 0 Å². The van der Waals surface area contributed by atoms with E-state index in [0.29, 0.717) is 0 Å². The number of methoxy groups -OCH3 is 1. The number of hydrogen-bond acceptors (Lipinski definition) is 1. The van der Waals surface area contributed by atoms with Crippen molar-refractivity contribution < 1.29 is 4.74 Å². The molecule has 2 nitrogen and oxygen atoms in total. The van der Waals surface area contributed by atoms with Gasteiger partial charge in [0.1, 0.15) is 0 Å². The van der Waals surface area contributed by atoms with E-state index in [1.807, 2.05) is 0 Å². The Kier molecular flexibility index (Phi) is 3.55. The molecular weight excluding hydrogens is 162 g/mol. The van der Waals surface area contributed by atoms with E-state index in [1.54, 1.807) is 7.11 Å². The summed E-state index contributed by atoms with van der Waals surface area (Å²) in [6, 6.07) is 0. The first kappa shape index (κ1) is 10.3. The van der Waals surface area contributed by atoms with Crippen molar-refractivity contribution in [2.75, 3.05) is 13.7 Å². The molecule has 0 unspecified atom stereocenters. The fourth-order valence-electron chi connectivity index (χ4n) is 1.82. The highest BCUT2D eigenvalue weighted by atomic mass is 16.5. The second kappa shape index (κ2) is 4.47. The van der Waals surface area contributed by atoms with Crippen LogP contribution >= 0.6 is 0 Å². The average molecular weight is 181 g/mol. The van der Waals surface area contributed by atoms with Gasteiger partial charge in [0.05, 0.1) is 6.61 Å². The van der Waals surface area contributed by atoms with Crippen LogP contribution in [-0.4, -0.2) is 18.3 Å². The van der Waals surface area contributed by atoms with Crippen molar-refractivity contribution in [3.63, 3.8) is 0 Å². The highest BCUT2D eigenvalue weighted by Gasteiger charge is 2.06. The smallest absolute Gasteiger partial charge is 0.0641 e. The number of hydrogen-bond donors (Lipinski definition) is 0. The molecule has 0 saturated carbocycles. The summed E-state index contributed by atoms with van der Waals surface area (Å²) in [5.74, 6) is 0. The van der Waals surface area contributed by atoms with Gasteiger partial charge in [0.25, 0.3) is 0 Å². The summed E-state index contributed by atoms with van der Waals surface area (Å²) in [4.78, 5) is 0. The number of rotatable bonds is 4. The maximum atomic E-state index is 5.06. The van der Waals surface area contributed by atoms with Crippen LogP contribution in [0.25, 0.3) is 0 Å². The monoisotopic (exact) mass is 181 g/mol. The third kappa shape index (κ3) is 2.13. The molecule has 1 rings (SSSR count). The van der Waals surface area contributed by atoms with Crippen molar-refractivity contribution in [1.29, 1.82) is 0 Å². The van der Waals surface area contributed by atoms with E-state index < -0.39 is 0 Å². The van der Waals surface area contributed by atoms with E-state index in [2.05, 4.69) is 31.5 Å². The van der Waals surface area contributed by atoms with E-state index in [0.717, 1.165) is 19.6 Å². The third-order valence-electron chi connectivity index (χ3n) is 2.58. The standard InChI is InChI=1S/C11H19NO/c1-5-11-9(2)8-12(10(11)3)6-7-13-4/h8H,5-7H2,1-4H3. The minimum atomic E-state index is 0.790. The second-order valence-corrected chi connectivity index (χ2v) is 3.42. The number of aromatic nitrogens is 1. The summed E-state index contributed by atoms with van der Waals surface area (Å²) in [7, 11) is 1.74. The Balaban J connectivity index is 2.83. The Morgan fingerprint density at radius 3 is 2.54 bits per heavy atom. The van der Waals surface area contributed by atoms with Crippen LogP contribution in [0.1, 0.15) is 23.7 Å². The van der Waals surface area contributed by atoms with Crippen LogP contribution in [0.2, 0.25) is 0 Å². The summed E-state index contributed by atoms with van der Waals surface area (Å²) in [6.45, 7) is 8.31. The van der Waals surface area contributed by atoms with Crippen molar-refractivity contribution in [1.82, 2.24) is 4.57 Å². The van der Waals surface area contributed by atoms with Gasteiger partial charge in [-0.3, -0.25) is 0 Å². The van der Waals surface area contributed by atoms with Crippen molar-refractivity contribution in [2.24, 2.45) is 0 Å². The first-order chi connectivity index (χ1) is 6.20. The number of nitrogens with zero attached hydrogens (tertiary/aromatic N) is 1. The molecule has 0 aliphatic carbocycles. The third-order valence-corrected chi connectivity index (χ3v) is 2.58. The van der Waals surface area contributed by atoms with Gasteiger partial charge in [-0.15, -0.1) is 0 Å². The molecule has 0 spiro atoms. The van der Waals surface area contributed by atoms with E-state index in [4.69, 9.17) is 4.74 Å². The molecule has 0 atom stereocenters. The Morgan fingerprint density at radius 1 is 1.38 bits per heavy atom. The van der Waals surface area contributed by atoms with Crippen molar-refractivity contribution in [3.8, 4) is 0 Å². The lowest BCUT2D eigenvalue weighted by Gasteiger charge is -2.05. The molecular formula is C11H19NO. The zero-order chi connectivity index (χ0) is 9.84. The molecule has 13 heavy (non-hydrogen) atoms. The average Bonchev–Trinajstić information content (AvgIpc) is 2.38. The second-order valence-electron chi connectivity index (χ2n) is 3.42. The summed E-state index contributed by atoms with van der Waals surface area (Å²) in [5.41, 5.74) is 4.27. The predicted molar refractivity (Wildman–Crippen MR) is 55.2 cm³/mol. The van der Waals surface area contributed by atoms with E-state index in [1.165, 1.54) is 16.8 Å². The van der Waals surface area contributed by atoms with Gasteiger partial charge >= 0.3 is 0 Å². The molecule has 0 N–H and O–H groups in total. The topological polar surface area (TPSA) is 14.2 Å². The van der Waals surface area contributed by atoms with Gasteiger partial charge in [0.2, 0.25) is 0 Å². The fraction of sp³-hybridized carbons (Fsp3) is 0.636. The van der Waals surface area contributed by atoms with Crippen LogP contribution in [0.4, 0.5) is 0 Å². The zero-order valence-electron chi connectivity index (χ0n) is 9.05. The molecule has 1 heterocycles. The summed E-state index contributed by atoms with van der Waals surface area (Å²) >= 11 is 0. The fourth-order valence-corrected chi connectivity index (χ4v) is 1.82. The van der Waals surface area contributed by atoms with Gasteiger partial charge in [-0.05, 0) is 31.4 Å². The predicted octanol–water partition coefficient (Wildman–Crippen LogP) is 2.31. The SMILES string of the molecule is CCc1c(C)cn(CCOC)c1C. The molecule has 0 aliphatic rings. The normalized spacial score (nSPS) is 10.8. The molecule has 0 aromatic carbocycles. The molecule has 74 valence electrons. The van der Waals surface area contributed by atoms with Gasteiger partial charge in [0.15, 0.2) is 0 Å². The van der Waals surface area contributed by atoms with Crippen LogP contribution in [0, 0.1) is 13.8 Å². The van der Waals surface area contributed by atoms with Gasteiger partial charge < -0.3 is 9.30 Å². The molecule has 0 bridgehead atoms. The lowest BCUT2D eigenvalue weighted by molar-refractivity contribution is 0.186. The summed E-state index contributed by atoms with van der Waals surface area (Å²) in [5, 5.41) is 0. The van der Waals surface area contributed by atoms with Crippen LogP contribution in [0.15, 0.2) is 6.20 Å². The first-order valence-corrected chi connectivity index (χ1v) is 4.84. The molecule has 0 aliphatic heterocycles. The molecule has 0 fully saturated rings. The molecule has 0 amide bonds. The lowest BCUT2D eigenvalue weighted by Crippen LogP contribution is -2.04. The maximum Gasteiger partial charge on any atom is 0.0641 e. The Morgan fingerprint density at radius 2 is 2.08 bits per heavy atom. The summed E-state index contributed by atoms with van der Waals surface area (Å²) in [6.07, 6.45) is 3.34. The van der Waals surface area contributed by atoms with Gasteiger partial charge in [-0.25, -0.2) is 0 Å². The quantitative estimate of drug-likeness (QED) is 0.695. The van der Waals surface area contributed by atoms with E-state index in [9.17, 15) is 0 Å². The molecule has 0 radical (unpaired) electrons. The largest absolute Gasteiger partial charge is 0.383 e. The highest BCUT2D eigenvalue weighted by molar-refractivity contribution is 5.30. The molecule has 1 aromatic rings. The molecule has 2 heteroatoms. The van der Waals surface area contributed by atoms with Crippen LogP contribution in [-0.2, 0) is 17.7 Å². The first-order valence-electron chi connectivity index (χ1n) is 4.84. The van der Waals surface area contributed by atoms with Crippen LogP contribution in [0.5, 0.6) is 0 Å². The van der Waals surface area contributed by atoms with Gasteiger partial charge in [-0.1, -0.05) is 6.92 Å². The minimum absolute atomic E-state index is 0.790. The zero-order valence-corrected chi connectivity index (χ0v) is 9.05. The van der Waals surface area contributed by atoms with Crippen molar-refractivity contribution >= 4 is 0 Å². The maximum absolute atomic E-state index is 5.06. The van der Waals surface area contributed by atoms with Gasteiger partial charge in [0, 0.05) is 25.5 Å². The van der Waals surface area contributed by atoms with Crippen LogP contribution in [0.3, 0.4) is 0 Å². The Hall–Kier alpha value is -0.760. The van der Waals surface area contributed by atoms with Crippen molar-refractivity contribution in [3.05, 3.63) is 23.0 Å². The minimum Gasteiger partial charge on any atom is -0.383 e. The Labute approximate surface area is 80.5 Å². The highest BCUT2D eigenvalue weighted by Crippen LogP contribution is 2.16. The van der Waals surface area contributed by atoms with Crippen LogP contribution < -0.4 is 0 Å². The van der Waals surface area contributed by atoms with E-state index >= 15 is 0 Å². The summed E-state index contributed by atoms with van der Waals surface area (Å²) < 4.78 is 7.34. The number of aryl methyl sites for hydroxylation is 1.